The molecule has 0 radical (unpaired) electrons. The minimum atomic E-state index is 0.349. The van der Waals surface area contributed by atoms with Crippen molar-refractivity contribution >= 4 is 10.9 Å². The first-order valence-corrected chi connectivity index (χ1v) is 5.67. The Hall–Kier alpha value is -1.48. The molecule has 1 aliphatic heterocycles. The number of fused-ring (bicyclic) bond motifs is 1. The highest BCUT2D eigenvalue weighted by atomic mass is 16.5. The molecule has 0 bridgehead atoms. The molecule has 0 atom stereocenters. The molecule has 1 saturated heterocycles. The fourth-order valence-electron chi connectivity index (χ4n) is 2.08. The van der Waals surface area contributed by atoms with Crippen molar-refractivity contribution in [1.29, 1.82) is 0 Å². The lowest BCUT2D eigenvalue weighted by molar-refractivity contribution is 0.142. The van der Waals surface area contributed by atoms with Crippen molar-refractivity contribution in [3.63, 3.8) is 0 Å². The quantitative estimate of drug-likeness (QED) is 0.829. The maximum absolute atomic E-state index is 5.84. The standard InChI is InChI=1S/C13H16N2O/c1-9-5-10-6-11(16-12-7-14-8-12)3-4-13(10)15(9)2/h3-6,12,14H,7-8H2,1-2H3. The van der Waals surface area contributed by atoms with E-state index >= 15 is 0 Å². The molecule has 84 valence electrons. The Kier molecular flexibility index (Phi) is 2.14. The number of hydrogen-bond acceptors (Lipinski definition) is 2. The molecule has 3 rings (SSSR count). The van der Waals surface area contributed by atoms with E-state index in [1.165, 1.54) is 16.6 Å². The molecule has 3 heteroatoms. The number of aryl methyl sites for hydroxylation is 2. The lowest BCUT2D eigenvalue weighted by Gasteiger charge is -2.27. The maximum atomic E-state index is 5.84. The van der Waals surface area contributed by atoms with Gasteiger partial charge in [-0.1, -0.05) is 0 Å². The normalized spacial score (nSPS) is 16.4. The minimum Gasteiger partial charge on any atom is -0.488 e. The lowest BCUT2D eigenvalue weighted by atomic mass is 10.2. The summed E-state index contributed by atoms with van der Waals surface area (Å²) in [5, 5.41) is 4.46. The molecular formula is C13H16N2O. The van der Waals surface area contributed by atoms with Crippen LogP contribution in [-0.2, 0) is 7.05 Å². The van der Waals surface area contributed by atoms with Crippen molar-refractivity contribution in [3.05, 3.63) is 30.0 Å². The second-order valence-electron chi connectivity index (χ2n) is 4.46. The highest BCUT2D eigenvalue weighted by Crippen LogP contribution is 2.24. The Bertz CT molecular complexity index is 526. The van der Waals surface area contributed by atoms with E-state index in [0.717, 1.165) is 18.8 Å². The van der Waals surface area contributed by atoms with Gasteiger partial charge in [0.25, 0.3) is 0 Å². The molecule has 2 heterocycles. The first-order valence-electron chi connectivity index (χ1n) is 5.67. The van der Waals surface area contributed by atoms with Crippen LogP contribution in [0.25, 0.3) is 10.9 Å². The number of nitrogens with one attached hydrogen (secondary N) is 1. The number of benzene rings is 1. The van der Waals surface area contributed by atoms with Gasteiger partial charge in [0.2, 0.25) is 0 Å². The molecular weight excluding hydrogens is 200 g/mol. The predicted molar refractivity (Wildman–Crippen MR) is 64.9 cm³/mol. The van der Waals surface area contributed by atoms with E-state index in [0.29, 0.717) is 6.10 Å². The van der Waals surface area contributed by atoms with Crippen LogP contribution < -0.4 is 10.1 Å². The van der Waals surface area contributed by atoms with Gasteiger partial charge >= 0.3 is 0 Å². The second-order valence-corrected chi connectivity index (χ2v) is 4.46. The zero-order valence-corrected chi connectivity index (χ0v) is 9.66. The summed E-state index contributed by atoms with van der Waals surface area (Å²) < 4.78 is 8.03. The van der Waals surface area contributed by atoms with E-state index in [2.05, 4.69) is 48.1 Å². The van der Waals surface area contributed by atoms with E-state index in [4.69, 9.17) is 4.74 Å². The molecule has 0 saturated carbocycles. The van der Waals surface area contributed by atoms with Crippen LogP contribution in [0, 0.1) is 6.92 Å². The van der Waals surface area contributed by atoms with Gasteiger partial charge in [-0.05, 0) is 31.2 Å². The van der Waals surface area contributed by atoms with Gasteiger partial charge in [-0.25, -0.2) is 0 Å². The third-order valence-electron chi connectivity index (χ3n) is 3.30. The third-order valence-corrected chi connectivity index (χ3v) is 3.30. The zero-order chi connectivity index (χ0) is 11.1. The summed E-state index contributed by atoms with van der Waals surface area (Å²) >= 11 is 0. The lowest BCUT2D eigenvalue weighted by Crippen LogP contribution is -2.50. The summed E-state index contributed by atoms with van der Waals surface area (Å²) in [7, 11) is 2.09. The van der Waals surface area contributed by atoms with E-state index in [1.807, 2.05) is 0 Å². The number of rotatable bonds is 2. The van der Waals surface area contributed by atoms with Crippen LogP contribution in [0.5, 0.6) is 5.75 Å². The van der Waals surface area contributed by atoms with Crippen LogP contribution in [0.3, 0.4) is 0 Å². The first-order chi connectivity index (χ1) is 7.74. The maximum Gasteiger partial charge on any atom is 0.123 e. The SMILES string of the molecule is Cc1cc2cc(OC3CNC3)ccc2n1C. The second kappa shape index (κ2) is 3.52. The van der Waals surface area contributed by atoms with Crippen LogP contribution in [0.1, 0.15) is 5.69 Å². The van der Waals surface area contributed by atoms with Crippen molar-refractivity contribution in [1.82, 2.24) is 9.88 Å². The molecule has 1 aliphatic rings. The first kappa shape index (κ1) is 9.73. The monoisotopic (exact) mass is 216 g/mol. The third kappa shape index (κ3) is 1.48. The van der Waals surface area contributed by atoms with E-state index in [9.17, 15) is 0 Å². The Balaban J connectivity index is 1.95. The fraction of sp³-hybridized carbons (Fsp3) is 0.385. The number of ether oxygens (including phenoxy) is 1. The highest BCUT2D eigenvalue weighted by molar-refractivity contribution is 5.82. The summed E-state index contributed by atoms with van der Waals surface area (Å²) in [4.78, 5) is 0. The van der Waals surface area contributed by atoms with Crippen LogP contribution in [0.4, 0.5) is 0 Å². The number of hydrogen-bond donors (Lipinski definition) is 1. The summed E-state index contributed by atoms with van der Waals surface area (Å²) in [5.41, 5.74) is 2.54. The van der Waals surface area contributed by atoms with Gasteiger partial charge in [-0.3, -0.25) is 0 Å². The predicted octanol–water partition coefficient (Wildman–Crippen LogP) is 1.84. The minimum absolute atomic E-state index is 0.349. The molecule has 0 spiro atoms. The van der Waals surface area contributed by atoms with E-state index in [-0.39, 0.29) is 0 Å². The zero-order valence-electron chi connectivity index (χ0n) is 9.66. The Morgan fingerprint density at radius 2 is 2.12 bits per heavy atom. The van der Waals surface area contributed by atoms with Gasteiger partial charge in [0.1, 0.15) is 11.9 Å². The van der Waals surface area contributed by atoms with Crippen molar-refractivity contribution < 1.29 is 4.74 Å². The average Bonchev–Trinajstić information content (AvgIpc) is 2.49. The molecule has 3 nitrogen and oxygen atoms in total. The molecule has 2 aromatic rings. The number of aromatic nitrogens is 1. The van der Waals surface area contributed by atoms with Crippen molar-refractivity contribution in [3.8, 4) is 5.75 Å². The van der Waals surface area contributed by atoms with Gasteiger partial charge in [-0.15, -0.1) is 0 Å². The van der Waals surface area contributed by atoms with Gasteiger partial charge < -0.3 is 14.6 Å². The molecule has 16 heavy (non-hydrogen) atoms. The molecule has 1 N–H and O–H groups in total. The van der Waals surface area contributed by atoms with Crippen molar-refractivity contribution in [2.45, 2.75) is 13.0 Å². The molecule has 0 aliphatic carbocycles. The largest absolute Gasteiger partial charge is 0.488 e. The number of nitrogens with zero attached hydrogens (tertiary/aromatic N) is 1. The fourth-order valence-corrected chi connectivity index (χ4v) is 2.08. The van der Waals surface area contributed by atoms with Crippen molar-refractivity contribution in [2.24, 2.45) is 7.05 Å². The van der Waals surface area contributed by atoms with Gasteiger partial charge in [-0.2, -0.15) is 0 Å². The highest BCUT2D eigenvalue weighted by Gasteiger charge is 2.18. The summed E-state index contributed by atoms with van der Waals surface area (Å²) in [6, 6.07) is 8.51. The van der Waals surface area contributed by atoms with E-state index < -0.39 is 0 Å². The van der Waals surface area contributed by atoms with Crippen LogP contribution in [0.2, 0.25) is 0 Å². The van der Waals surface area contributed by atoms with Crippen LogP contribution in [0.15, 0.2) is 24.3 Å². The Labute approximate surface area is 95.0 Å². The van der Waals surface area contributed by atoms with E-state index in [1.54, 1.807) is 0 Å². The Morgan fingerprint density at radius 3 is 2.81 bits per heavy atom. The van der Waals surface area contributed by atoms with Crippen molar-refractivity contribution in [2.75, 3.05) is 13.1 Å². The molecule has 0 amide bonds. The topological polar surface area (TPSA) is 26.2 Å². The van der Waals surface area contributed by atoms with Crippen LogP contribution >= 0.6 is 0 Å². The van der Waals surface area contributed by atoms with Gasteiger partial charge in [0, 0.05) is 36.7 Å². The van der Waals surface area contributed by atoms with Crippen LogP contribution in [-0.4, -0.2) is 23.8 Å². The average molecular weight is 216 g/mol. The van der Waals surface area contributed by atoms with Gasteiger partial charge in [0.05, 0.1) is 0 Å². The summed E-state index contributed by atoms with van der Waals surface area (Å²) in [6.45, 7) is 4.05. The molecule has 1 fully saturated rings. The Morgan fingerprint density at radius 1 is 1.31 bits per heavy atom. The molecule has 0 unspecified atom stereocenters. The molecule has 1 aromatic carbocycles. The smallest absolute Gasteiger partial charge is 0.123 e. The molecule has 1 aromatic heterocycles. The summed E-state index contributed by atoms with van der Waals surface area (Å²) in [6.07, 6.45) is 0.349. The van der Waals surface area contributed by atoms with Gasteiger partial charge in [0.15, 0.2) is 0 Å². The summed E-state index contributed by atoms with van der Waals surface area (Å²) in [5.74, 6) is 0.976.